The fourth-order valence-electron chi connectivity index (χ4n) is 9.06. The van der Waals surface area contributed by atoms with Crippen molar-refractivity contribution in [2.24, 2.45) is 10.8 Å². The monoisotopic (exact) mass is 944 g/mol. The van der Waals surface area contributed by atoms with Gasteiger partial charge < -0.3 is 9.40 Å². The fraction of sp³-hybridized carbons (Fsp3) is 0.340. The summed E-state index contributed by atoms with van der Waals surface area (Å²) in [5.41, 5.74) is 6.26. The average molecular weight is 944 g/mol. The third-order valence-electron chi connectivity index (χ3n) is 12.8. The van der Waals surface area contributed by atoms with Crippen LogP contribution in [0, 0.1) is 29.8 Å². The quantitative estimate of drug-likeness (QED) is 0.131. The minimum atomic E-state index is -2.35. The van der Waals surface area contributed by atoms with Gasteiger partial charge >= 0.3 is 0 Å². The number of hydrogen-bond acceptors (Lipinski definition) is 4. The zero-order valence-electron chi connectivity index (χ0n) is 38.1. The van der Waals surface area contributed by atoms with Crippen molar-refractivity contribution in [3.8, 4) is 22.6 Å². The second-order valence-corrected chi connectivity index (χ2v) is 18.2. The van der Waals surface area contributed by atoms with E-state index in [0.717, 1.165) is 57.1 Å². The summed E-state index contributed by atoms with van der Waals surface area (Å²) in [7, 11) is 0. The van der Waals surface area contributed by atoms with Crippen molar-refractivity contribution in [2.45, 2.75) is 104 Å². The van der Waals surface area contributed by atoms with Crippen LogP contribution >= 0.6 is 0 Å². The van der Waals surface area contributed by atoms with Gasteiger partial charge in [-0.3, -0.25) is 9.97 Å². The number of fused-ring (bicyclic) bond motifs is 6. The molecule has 0 atom stereocenters. The van der Waals surface area contributed by atoms with Gasteiger partial charge in [0.05, 0.1) is 11.4 Å². The van der Waals surface area contributed by atoms with E-state index in [9.17, 15) is 1.37 Å². The van der Waals surface area contributed by atoms with Crippen LogP contribution in [0.25, 0.3) is 66.1 Å². The molecule has 1 radical (unpaired) electrons. The number of pyridine rings is 1. The second-order valence-electron chi connectivity index (χ2n) is 18.2. The molecule has 4 nitrogen and oxygen atoms in total. The van der Waals surface area contributed by atoms with E-state index >= 15 is 0 Å². The van der Waals surface area contributed by atoms with Crippen molar-refractivity contribution in [1.29, 1.82) is 0 Å². The van der Waals surface area contributed by atoms with Crippen LogP contribution in [0.2, 0.25) is 0 Å². The van der Waals surface area contributed by atoms with E-state index in [4.69, 9.17) is 8.53 Å². The van der Waals surface area contributed by atoms with Crippen molar-refractivity contribution in [3.05, 3.63) is 138 Å². The fourth-order valence-corrected chi connectivity index (χ4v) is 9.06. The van der Waals surface area contributed by atoms with E-state index in [-0.39, 0.29) is 31.1 Å². The Morgan fingerprint density at radius 3 is 2.29 bits per heavy atom. The molecule has 5 aromatic carbocycles. The molecular weight excluding hydrogens is 887 g/mol. The minimum Gasteiger partial charge on any atom is -0.501 e. The minimum absolute atomic E-state index is 0. The predicted molar refractivity (Wildman–Crippen MR) is 236 cm³/mol. The summed E-state index contributed by atoms with van der Waals surface area (Å²) in [5.74, 6) is -0.228. The molecule has 2 aliphatic rings. The predicted octanol–water partition coefficient (Wildman–Crippen LogP) is 14.5. The summed E-state index contributed by atoms with van der Waals surface area (Å²) in [6.07, 6.45) is 11.4. The Hall–Kier alpha value is -4.70. The van der Waals surface area contributed by atoms with Gasteiger partial charge in [-0.05, 0) is 132 Å². The van der Waals surface area contributed by atoms with E-state index in [1.165, 1.54) is 42.7 Å². The first-order valence-corrected chi connectivity index (χ1v) is 20.5. The largest absolute Gasteiger partial charge is 0.501 e. The van der Waals surface area contributed by atoms with Gasteiger partial charge in [-0.1, -0.05) is 88.0 Å². The van der Waals surface area contributed by atoms with E-state index in [1.807, 2.05) is 54.7 Å². The van der Waals surface area contributed by atoms with E-state index < -0.39 is 12.7 Å². The number of hydrogen-bond donors (Lipinski definition) is 0. The van der Waals surface area contributed by atoms with Crippen LogP contribution in [-0.4, -0.2) is 15.0 Å². The van der Waals surface area contributed by atoms with Crippen LogP contribution in [0.3, 0.4) is 0 Å². The molecule has 0 aliphatic heterocycles. The van der Waals surface area contributed by atoms with Gasteiger partial charge in [-0.15, -0.1) is 54.1 Å². The van der Waals surface area contributed by atoms with E-state index in [0.29, 0.717) is 46.1 Å². The number of furan rings is 1. The molecule has 297 valence electrons. The topological polar surface area (TPSA) is 51.8 Å². The van der Waals surface area contributed by atoms with Gasteiger partial charge in [0.25, 0.3) is 0 Å². The number of rotatable bonds is 3. The zero-order valence-corrected chi connectivity index (χ0v) is 36.5. The Balaban J connectivity index is 0.000000263. The van der Waals surface area contributed by atoms with E-state index in [1.54, 1.807) is 0 Å². The van der Waals surface area contributed by atoms with Crippen LogP contribution in [0.5, 0.6) is 0 Å². The van der Waals surface area contributed by atoms with Crippen molar-refractivity contribution in [1.82, 2.24) is 15.0 Å². The van der Waals surface area contributed by atoms with Crippen LogP contribution < -0.4 is 0 Å². The van der Waals surface area contributed by atoms with Crippen LogP contribution in [-0.2, 0) is 25.5 Å². The third kappa shape index (κ3) is 7.88. The summed E-state index contributed by atoms with van der Waals surface area (Å²) >= 11 is 0. The van der Waals surface area contributed by atoms with Crippen molar-refractivity contribution in [2.75, 3.05) is 0 Å². The first kappa shape index (κ1) is 35.3. The molecule has 3 heterocycles. The normalized spacial score (nSPS) is 18.4. The first-order chi connectivity index (χ1) is 29.0. The standard InChI is InChI=1S/C39H38NO.C14H15N2.Ir/c1-25-24-40-35(22-32(25)27-13-15-39(16-14-27)19-17-38(2,3)18-20-39)31-10-6-9-30-34-21-28-12-11-26-7-4-5-8-29(26)33(28)23-36(34)41-37(30)31;1-14(2,3)12-9-10-15-13(16-12)11-7-5-4-6-8-11;/h4-9,11-12,21-24,27H,13-20H2,1-3H3;4-7,9-10H,1-3H3;/q2*-1;/i1D3,27D;;. The number of benzene rings is 5. The average Bonchev–Trinajstić information content (AvgIpc) is 3.62. The molecule has 2 fully saturated rings. The molecule has 8 aromatic rings. The van der Waals surface area contributed by atoms with Gasteiger partial charge in [0.2, 0.25) is 0 Å². The Morgan fingerprint density at radius 1 is 0.759 bits per heavy atom. The molecule has 58 heavy (non-hydrogen) atoms. The van der Waals surface area contributed by atoms with Gasteiger partial charge in [-0.25, -0.2) is 0 Å². The maximum atomic E-state index is 9.71. The summed E-state index contributed by atoms with van der Waals surface area (Å²) in [6.45, 7) is 8.82. The molecule has 0 bridgehead atoms. The first-order valence-electron chi connectivity index (χ1n) is 22.5. The maximum Gasteiger partial charge on any atom is 0.121 e. The Bertz CT molecular complexity index is 2890. The Kier molecular flexibility index (Phi) is 9.61. The maximum absolute atomic E-state index is 9.71. The molecule has 2 saturated carbocycles. The number of nitrogens with zero attached hydrogens (tertiary/aromatic N) is 3. The van der Waals surface area contributed by atoms with Crippen LogP contribution in [0.15, 0.2) is 114 Å². The van der Waals surface area contributed by atoms with Gasteiger partial charge in [0.15, 0.2) is 0 Å². The molecule has 1 spiro atoms. The molecule has 10 rings (SSSR count). The summed E-state index contributed by atoms with van der Waals surface area (Å²) < 4.78 is 41.3. The van der Waals surface area contributed by atoms with Gasteiger partial charge in [-0.2, -0.15) is 0 Å². The zero-order chi connectivity index (χ0) is 42.8. The number of aromatic nitrogens is 3. The molecular formula is C53H53IrN3O-2. The Labute approximate surface area is 362 Å². The Morgan fingerprint density at radius 2 is 1.53 bits per heavy atom. The second kappa shape index (κ2) is 15.8. The SMILES string of the molecule is CC(C)(C)c1ccnc(-c2[c-]cccc2)n1.[2H]C([2H])([2H])c1cnc(-c2[c-]ccc3c2oc2cc4c(ccc5ccccc54)cc23)cc1C1([2H])CCC2(CCC(C)(C)CC2)CC1.[Ir]. The molecule has 5 heteroatoms. The molecule has 0 saturated heterocycles. The molecule has 0 N–H and O–H groups in total. The molecule has 0 amide bonds. The molecule has 0 unspecified atom stereocenters. The van der Waals surface area contributed by atoms with Crippen LogP contribution in [0.4, 0.5) is 0 Å². The summed E-state index contributed by atoms with van der Waals surface area (Å²) in [4.78, 5) is 13.5. The molecule has 2 aliphatic carbocycles. The summed E-state index contributed by atoms with van der Waals surface area (Å²) in [6, 6.07) is 39.0. The van der Waals surface area contributed by atoms with Crippen molar-refractivity contribution in [3.63, 3.8) is 0 Å². The number of aryl methyl sites for hydroxylation is 1. The summed E-state index contributed by atoms with van der Waals surface area (Å²) in [5, 5.41) is 6.65. The smallest absolute Gasteiger partial charge is 0.121 e. The molecule has 3 aromatic heterocycles. The van der Waals surface area contributed by atoms with Crippen molar-refractivity contribution >= 4 is 43.5 Å². The van der Waals surface area contributed by atoms with Crippen molar-refractivity contribution < 1.29 is 30.0 Å². The third-order valence-corrected chi connectivity index (χ3v) is 12.8. The van der Waals surface area contributed by atoms with Crippen LogP contribution in [0.1, 0.15) is 114 Å². The van der Waals surface area contributed by atoms with Gasteiger partial charge in [0, 0.05) is 54.5 Å². The van der Waals surface area contributed by atoms with E-state index in [2.05, 4.69) is 110 Å². The van der Waals surface area contributed by atoms with Gasteiger partial charge in [0.1, 0.15) is 5.58 Å².